The SMILES string of the molecule is CCNCC1(CN2CCCC(CC)CC2)CCCCC1. The second-order valence-electron chi connectivity index (χ2n) is 7.32. The Morgan fingerprint density at radius 2 is 1.80 bits per heavy atom. The summed E-state index contributed by atoms with van der Waals surface area (Å²) in [7, 11) is 0. The summed E-state index contributed by atoms with van der Waals surface area (Å²) in [6, 6.07) is 0. The molecule has 1 heterocycles. The largest absolute Gasteiger partial charge is 0.316 e. The van der Waals surface area contributed by atoms with Crippen LogP contribution in [0.2, 0.25) is 0 Å². The van der Waals surface area contributed by atoms with Crippen LogP contribution in [0.1, 0.15) is 71.6 Å². The van der Waals surface area contributed by atoms with Gasteiger partial charge in [0, 0.05) is 13.1 Å². The Morgan fingerprint density at radius 3 is 2.50 bits per heavy atom. The lowest BCUT2D eigenvalue weighted by molar-refractivity contribution is 0.104. The molecule has 2 heteroatoms. The molecule has 1 saturated carbocycles. The highest BCUT2D eigenvalue weighted by atomic mass is 15.1. The molecule has 1 aliphatic carbocycles. The molecule has 0 aromatic heterocycles. The van der Waals surface area contributed by atoms with E-state index in [0.29, 0.717) is 5.41 Å². The van der Waals surface area contributed by atoms with Crippen LogP contribution in [0.3, 0.4) is 0 Å². The Labute approximate surface area is 126 Å². The van der Waals surface area contributed by atoms with Crippen LogP contribution in [0.15, 0.2) is 0 Å². The Bertz CT molecular complexity index is 258. The van der Waals surface area contributed by atoms with Crippen molar-refractivity contribution in [1.82, 2.24) is 10.2 Å². The van der Waals surface area contributed by atoms with Crippen molar-refractivity contribution < 1.29 is 0 Å². The lowest BCUT2D eigenvalue weighted by atomic mass is 9.73. The molecular formula is C18H36N2. The monoisotopic (exact) mass is 280 g/mol. The maximum Gasteiger partial charge on any atom is 0.00501 e. The summed E-state index contributed by atoms with van der Waals surface area (Å²) in [5.74, 6) is 0.996. The molecule has 1 atom stereocenters. The predicted molar refractivity (Wildman–Crippen MR) is 88.1 cm³/mol. The molecule has 0 radical (unpaired) electrons. The van der Waals surface area contributed by atoms with Gasteiger partial charge in [0.2, 0.25) is 0 Å². The number of hydrogen-bond acceptors (Lipinski definition) is 2. The van der Waals surface area contributed by atoms with Crippen LogP contribution in [-0.4, -0.2) is 37.6 Å². The molecule has 0 amide bonds. The number of rotatable bonds is 6. The molecule has 2 aliphatic rings. The number of likely N-dealkylation sites (tertiary alicyclic amines) is 1. The van der Waals surface area contributed by atoms with E-state index in [1.54, 1.807) is 0 Å². The zero-order valence-corrected chi connectivity index (χ0v) is 13.9. The van der Waals surface area contributed by atoms with Gasteiger partial charge in [0.25, 0.3) is 0 Å². The first-order valence-corrected chi connectivity index (χ1v) is 9.21. The van der Waals surface area contributed by atoms with Crippen molar-refractivity contribution in [3.8, 4) is 0 Å². The van der Waals surface area contributed by atoms with Crippen LogP contribution in [-0.2, 0) is 0 Å². The van der Waals surface area contributed by atoms with E-state index in [1.165, 1.54) is 84.0 Å². The zero-order chi connectivity index (χ0) is 14.3. The summed E-state index contributed by atoms with van der Waals surface area (Å²) in [4.78, 5) is 2.80. The number of nitrogens with one attached hydrogen (secondary N) is 1. The minimum absolute atomic E-state index is 0.584. The fourth-order valence-electron chi connectivity index (χ4n) is 4.35. The minimum atomic E-state index is 0.584. The van der Waals surface area contributed by atoms with Gasteiger partial charge < -0.3 is 10.2 Å². The molecule has 1 unspecified atom stereocenters. The van der Waals surface area contributed by atoms with Gasteiger partial charge in [-0.05, 0) is 63.1 Å². The van der Waals surface area contributed by atoms with Crippen LogP contribution in [0, 0.1) is 11.3 Å². The molecule has 20 heavy (non-hydrogen) atoms. The van der Waals surface area contributed by atoms with Crippen LogP contribution in [0.5, 0.6) is 0 Å². The molecule has 0 aromatic rings. The summed E-state index contributed by atoms with van der Waals surface area (Å²) in [6.45, 7) is 11.0. The fraction of sp³-hybridized carbons (Fsp3) is 1.00. The van der Waals surface area contributed by atoms with Crippen molar-refractivity contribution in [2.45, 2.75) is 71.6 Å². The Balaban J connectivity index is 1.89. The van der Waals surface area contributed by atoms with E-state index in [4.69, 9.17) is 0 Å². The van der Waals surface area contributed by atoms with E-state index >= 15 is 0 Å². The van der Waals surface area contributed by atoms with Gasteiger partial charge in [-0.1, -0.05) is 39.5 Å². The molecule has 2 nitrogen and oxygen atoms in total. The highest BCUT2D eigenvalue weighted by Gasteiger charge is 2.33. The van der Waals surface area contributed by atoms with E-state index in [1.807, 2.05) is 0 Å². The Hall–Kier alpha value is -0.0800. The lowest BCUT2D eigenvalue weighted by Crippen LogP contribution is -2.45. The van der Waals surface area contributed by atoms with E-state index in [2.05, 4.69) is 24.1 Å². The van der Waals surface area contributed by atoms with E-state index < -0.39 is 0 Å². The highest BCUT2D eigenvalue weighted by molar-refractivity contribution is 4.88. The first kappa shape index (κ1) is 16.3. The third kappa shape index (κ3) is 4.73. The lowest BCUT2D eigenvalue weighted by Gasteiger charge is -2.41. The van der Waals surface area contributed by atoms with Gasteiger partial charge in [0.05, 0.1) is 0 Å². The first-order valence-electron chi connectivity index (χ1n) is 9.21. The van der Waals surface area contributed by atoms with Crippen LogP contribution >= 0.6 is 0 Å². The molecule has 118 valence electrons. The van der Waals surface area contributed by atoms with E-state index in [0.717, 1.165) is 12.5 Å². The molecule has 1 N–H and O–H groups in total. The molecule has 1 aliphatic heterocycles. The van der Waals surface area contributed by atoms with Gasteiger partial charge in [-0.25, -0.2) is 0 Å². The van der Waals surface area contributed by atoms with Gasteiger partial charge in [-0.3, -0.25) is 0 Å². The van der Waals surface area contributed by atoms with Crippen LogP contribution < -0.4 is 5.32 Å². The van der Waals surface area contributed by atoms with Gasteiger partial charge in [0.1, 0.15) is 0 Å². The summed E-state index contributed by atoms with van der Waals surface area (Å²) >= 11 is 0. The topological polar surface area (TPSA) is 15.3 Å². The second kappa shape index (κ2) is 8.38. The van der Waals surface area contributed by atoms with Crippen molar-refractivity contribution in [3.05, 3.63) is 0 Å². The van der Waals surface area contributed by atoms with Crippen molar-refractivity contribution in [2.24, 2.45) is 11.3 Å². The summed E-state index contributed by atoms with van der Waals surface area (Å²) < 4.78 is 0. The maximum absolute atomic E-state index is 3.66. The van der Waals surface area contributed by atoms with Crippen LogP contribution in [0.4, 0.5) is 0 Å². The van der Waals surface area contributed by atoms with Gasteiger partial charge in [-0.15, -0.1) is 0 Å². The average molecular weight is 280 g/mol. The highest BCUT2D eigenvalue weighted by Crippen LogP contribution is 2.37. The fourth-order valence-corrected chi connectivity index (χ4v) is 4.35. The van der Waals surface area contributed by atoms with E-state index in [-0.39, 0.29) is 0 Å². The molecule has 2 rings (SSSR count). The summed E-state index contributed by atoms with van der Waals surface area (Å²) in [5, 5.41) is 3.66. The van der Waals surface area contributed by atoms with Gasteiger partial charge in [0.15, 0.2) is 0 Å². The quantitative estimate of drug-likeness (QED) is 0.789. The van der Waals surface area contributed by atoms with E-state index in [9.17, 15) is 0 Å². The Kier molecular flexibility index (Phi) is 6.83. The number of nitrogens with zero attached hydrogens (tertiary/aromatic N) is 1. The average Bonchev–Trinajstić information content (AvgIpc) is 2.71. The van der Waals surface area contributed by atoms with Gasteiger partial charge >= 0.3 is 0 Å². The van der Waals surface area contributed by atoms with Gasteiger partial charge in [-0.2, -0.15) is 0 Å². The third-order valence-electron chi connectivity index (χ3n) is 5.74. The molecule has 0 bridgehead atoms. The molecular weight excluding hydrogens is 244 g/mol. The Morgan fingerprint density at radius 1 is 1.00 bits per heavy atom. The molecule has 1 saturated heterocycles. The minimum Gasteiger partial charge on any atom is -0.316 e. The normalized spacial score (nSPS) is 28.2. The zero-order valence-electron chi connectivity index (χ0n) is 13.9. The predicted octanol–water partition coefficient (Wildman–Crippen LogP) is 4.06. The number of hydrogen-bond donors (Lipinski definition) is 1. The van der Waals surface area contributed by atoms with Crippen LogP contribution in [0.25, 0.3) is 0 Å². The molecule has 0 aromatic carbocycles. The van der Waals surface area contributed by atoms with Crippen molar-refractivity contribution in [3.63, 3.8) is 0 Å². The standard InChI is InChI=1S/C18H36N2/c1-3-17-9-8-13-20(14-10-17)16-18(15-19-4-2)11-6-5-7-12-18/h17,19H,3-16H2,1-2H3. The third-order valence-corrected chi connectivity index (χ3v) is 5.74. The summed E-state index contributed by atoms with van der Waals surface area (Å²) in [5.41, 5.74) is 0.584. The molecule has 0 spiro atoms. The second-order valence-corrected chi connectivity index (χ2v) is 7.32. The first-order chi connectivity index (χ1) is 9.78. The van der Waals surface area contributed by atoms with Crippen molar-refractivity contribution in [2.75, 3.05) is 32.7 Å². The maximum atomic E-state index is 3.66. The van der Waals surface area contributed by atoms with Crippen molar-refractivity contribution in [1.29, 1.82) is 0 Å². The smallest absolute Gasteiger partial charge is 0.00501 e. The van der Waals surface area contributed by atoms with Crippen molar-refractivity contribution >= 4 is 0 Å². The summed E-state index contributed by atoms with van der Waals surface area (Å²) in [6.07, 6.45) is 13.0. The molecule has 2 fully saturated rings.